The third-order valence-corrected chi connectivity index (χ3v) is 3.92. The van der Waals surface area contributed by atoms with Gasteiger partial charge in [-0.2, -0.15) is 8.78 Å². The van der Waals surface area contributed by atoms with Gasteiger partial charge in [0.25, 0.3) is 0 Å². The first kappa shape index (κ1) is 16.5. The van der Waals surface area contributed by atoms with Gasteiger partial charge in [0.15, 0.2) is 11.5 Å². The van der Waals surface area contributed by atoms with Gasteiger partial charge in [-0.05, 0) is 35.7 Å². The van der Waals surface area contributed by atoms with Crippen molar-refractivity contribution < 1.29 is 23.0 Å². The molecule has 0 saturated carbocycles. The third-order valence-electron chi connectivity index (χ3n) is 3.92. The molecule has 1 aliphatic rings. The lowest BCUT2D eigenvalue weighted by atomic mass is 10.0. The van der Waals surface area contributed by atoms with Crippen LogP contribution in [0.4, 0.5) is 8.78 Å². The van der Waals surface area contributed by atoms with E-state index in [1.165, 1.54) is 0 Å². The van der Waals surface area contributed by atoms with E-state index in [2.05, 4.69) is 10.1 Å². The Balaban J connectivity index is 1.56. The van der Waals surface area contributed by atoms with Gasteiger partial charge in [0, 0.05) is 12.6 Å². The summed E-state index contributed by atoms with van der Waals surface area (Å²) in [6.45, 7) is -1.62. The molecule has 0 unspecified atom stereocenters. The fourth-order valence-electron chi connectivity index (χ4n) is 2.74. The first-order chi connectivity index (χ1) is 11.7. The van der Waals surface area contributed by atoms with Gasteiger partial charge in [-0.15, -0.1) is 0 Å². The van der Waals surface area contributed by atoms with E-state index in [4.69, 9.17) is 9.47 Å². The van der Waals surface area contributed by atoms with Crippen LogP contribution < -0.4 is 19.5 Å². The van der Waals surface area contributed by atoms with E-state index >= 15 is 0 Å². The van der Waals surface area contributed by atoms with Crippen molar-refractivity contribution in [3.8, 4) is 17.2 Å². The second-order valence-corrected chi connectivity index (χ2v) is 5.56. The molecule has 1 aliphatic heterocycles. The smallest absolute Gasteiger partial charge is 0.387 e. The fraction of sp³-hybridized carbons (Fsp3) is 0.333. The van der Waals surface area contributed by atoms with Gasteiger partial charge in [0.2, 0.25) is 0 Å². The van der Waals surface area contributed by atoms with E-state index in [1.807, 2.05) is 18.2 Å². The molecule has 0 radical (unpaired) electrons. The van der Waals surface area contributed by atoms with Crippen molar-refractivity contribution >= 4 is 0 Å². The van der Waals surface area contributed by atoms with Crippen LogP contribution in [0.2, 0.25) is 0 Å². The van der Waals surface area contributed by atoms with Gasteiger partial charge < -0.3 is 19.5 Å². The minimum atomic E-state index is -2.80. The number of alkyl halides is 2. The largest absolute Gasteiger partial charge is 0.493 e. The Morgan fingerprint density at radius 2 is 2.00 bits per heavy atom. The zero-order chi connectivity index (χ0) is 16.9. The Bertz CT molecular complexity index is 676. The molecule has 0 fully saturated rings. The molecule has 0 aromatic heterocycles. The number of rotatable bonds is 6. The minimum absolute atomic E-state index is 0.163. The van der Waals surface area contributed by atoms with Crippen molar-refractivity contribution in [3.05, 3.63) is 53.6 Å². The molecule has 0 spiro atoms. The van der Waals surface area contributed by atoms with Crippen molar-refractivity contribution in [1.29, 1.82) is 0 Å². The summed E-state index contributed by atoms with van der Waals surface area (Å²) in [6.07, 6.45) is 0.846. The quantitative estimate of drug-likeness (QED) is 0.878. The summed E-state index contributed by atoms with van der Waals surface area (Å²) in [5.41, 5.74) is 2.10. The maximum absolute atomic E-state index is 12.1. The standard InChI is InChI=1S/C18H19F2NO3/c1-22-16-4-2-3-13-9-14(11-23-17(13)16)21-10-12-5-7-15(8-6-12)24-18(19)20/h2-8,14,18,21H,9-11H2,1H3/t14-/m1/s1. The molecule has 1 N–H and O–H groups in total. The van der Waals surface area contributed by atoms with E-state index in [9.17, 15) is 8.78 Å². The van der Waals surface area contributed by atoms with Crippen molar-refractivity contribution in [2.75, 3.05) is 13.7 Å². The molecule has 1 heterocycles. The van der Waals surface area contributed by atoms with Gasteiger partial charge in [-0.1, -0.05) is 24.3 Å². The second-order valence-electron chi connectivity index (χ2n) is 5.56. The Morgan fingerprint density at radius 1 is 1.21 bits per heavy atom. The Hall–Kier alpha value is -2.34. The SMILES string of the molecule is COc1cccc2c1OC[C@H](NCc1ccc(OC(F)F)cc1)C2. The van der Waals surface area contributed by atoms with Crippen LogP contribution in [0.15, 0.2) is 42.5 Å². The van der Waals surface area contributed by atoms with Crippen LogP contribution >= 0.6 is 0 Å². The predicted octanol–water partition coefficient (Wildman–Crippen LogP) is 3.39. The number of nitrogens with one attached hydrogen (secondary N) is 1. The molecule has 1 atom stereocenters. The fourth-order valence-corrected chi connectivity index (χ4v) is 2.74. The number of halogens is 2. The number of ether oxygens (including phenoxy) is 3. The average Bonchev–Trinajstić information content (AvgIpc) is 2.60. The van der Waals surface area contributed by atoms with Gasteiger partial charge in [0.1, 0.15) is 12.4 Å². The molecule has 0 bridgehead atoms. The van der Waals surface area contributed by atoms with E-state index < -0.39 is 6.61 Å². The van der Waals surface area contributed by atoms with Gasteiger partial charge in [-0.25, -0.2) is 0 Å². The Kier molecular flexibility index (Phi) is 5.15. The van der Waals surface area contributed by atoms with Crippen molar-refractivity contribution in [3.63, 3.8) is 0 Å². The number of fused-ring (bicyclic) bond motifs is 1. The molecular weight excluding hydrogens is 316 g/mol. The molecule has 2 aromatic carbocycles. The molecule has 128 valence electrons. The van der Waals surface area contributed by atoms with Crippen LogP contribution in [0, 0.1) is 0 Å². The van der Waals surface area contributed by atoms with E-state index in [0.29, 0.717) is 13.2 Å². The Labute approximate surface area is 139 Å². The van der Waals surface area contributed by atoms with Crippen LogP contribution in [-0.4, -0.2) is 26.4 Å². The lowest BCUT2D eigenvalue weighted by Gasteiger charge is -2.27. The Morgan fingerprint density at radius 3 is 2.71 bits per heavy atom. The molecule has 0 aliphatic carbocycles. The van der Waals surface area contributed by atoms with Gasteiger partial charge in [0.05, 0.1) is 7.11 Å². The van der Waals surface area contributed by atoms with Crippen LogP contribution in [0.25, 0.3) is 0 Å². The highest BCUT2D eigenvalue weighted by molar-refractivity contribution is 5.48. The molecule has 3 rings (SSSR count). The number of benzene rings is 2. The average molecular weight is 335 g/mol. The van der Waals surface area contributed by atoms with Crippen LogP contribution in [0.3, 0.4) is 0 Å². The lowest BCUT2D eigenvalue weighted by molar-refractivity contribution is -0.0498. The highest BCUT2D eigenvalue weighted by atomic mass is 19.3. The molecule has 2 aromatic rings. The van der Waals surface area contributed by atoms with Crippen molar-refractivity contribution in [2.24, 2.45) is 0 Å². The lowest BCUT2D eigenvalue weighted by Crippen LogP contribution is -2.38. The molecule has 24 heavy (non-hydrogen) atoms. The normalized spacial score (nSPS) is 16.4. The molecule has 0 saturated heterocycles. The number of para-hydroxylation sites is 1. The summed E-state index contributed by atoms with van der Waals surface area (Å²) in [4.78, 5) is 0. The van der Waals surface area contributed by atoms with Crippen LogP contribution in [-0.2, 0) is 13.0 Å². The van der Waals surface area contributed by atoms with Crippen molar-refractivity contribution in [1.82, 2.24) is 5.32 Å². The summed E-state index contributed by atoms with van der Waals surface area (Å²) in [5, 5.41) is 3.42. The number of methoxy groups -OCH3 is 1. The van der Waals surface area contributed by atoms with Crippen molar-refractivity contribution in [2.45, 2.75) is 25.6 Å². The maximum Gasteiger partial charge on any atom is 0.387 e. The monoisotopic (exact) mass is 335 g/mol. The third kappa shape index (κ3) is 3.94. The molecule has 0 amide bonds. The summed E-state index contributed by atoms with van der Waals surface area (Å²) >= 11 is 0. The summed E-state index contributed by atoms with van der Waals surface area (Å²) in [5.74, 6) is 1.72. The first-order valence-electron chi connectivity index (χ1n) is 7.71. The van der Waals surface area contributed by atoms with Crippen LogP contribution in [0.1, 0.15) is 11.1 Å². The molecule has 4 nitrogen and oxygen atoms in total. The number of hydrogen-bond donors (Lipinski definition) is 1. The van der Waals surface area contributed by atoms with E-state index in [0.717, 1.165) is 29.0 Å². The van der Waals surface area contributed by atoms with Gasteiger partial charge in [-0.3, -0.25) is 0 Å². The highest BCUT2D eigenvalue weighted by Gasteiger charge is 2.22. The maximum atomic E-state index is 12.1. The van der Waals surface area contributed by atoms with E-state index in [-0.39, 0.29) is 11.8 Å². The second kappa shape index (κ2) is 7.49. The first-order valence-corrected chi connectivity index (χ1v) is 7.71. The summed E-state index contributed by atoms with van der Waals surface area (Å²) in [7, 11) is 1.63. The summed E-state index contributed by atoms with van der Waals surface area (Å²) in [6, 6.07) is 12.7. The van der Waals surface area contributed by atoms with Crippen LogP contribution in [0.5, 0.6) is 17.2 Å². The zero-order valence-electron chi connectivity index (χ0n) is 13.3. The molecule has 6 heteroatoms. The zero-order valence-corrected chi connectivity index (χ0v) is 13.3. The topological polar surface area (TPSA) is 39.7 Å². The van der Waals surface area contributed by atoms with Gasteiger partial charge >= 0.3 is 6.61 Å². The summed E-state index contributed by atoms with van der Waals surface area (Å²) < 4.78 is 39.7. The van der Waals surface area contributed by atoms with E-state index in [1.54, 1.807) is 31.4 Å². The highest BCUT2D eigenvalue weighted by Crippen LogP contribution is 2.34. The molecular formula is C18H19F2NO3. The number of hydrogen-bond acceptors (Lipinski definition) is 4. The predicted molar refractivity (Wildman–Crippen MR) is 85.9 cm³/mol. The minimum Gasteiger partial charge on any atom is -0.493 e.